The number of rotatable bonds is 3. The van der Waals surface area contributed by atoms with Gasteiger partial charge in [0.2, 0.25) is 0 Å². The number of benzene rings is 1. The van der Waals surface area contributed by atoms with Crippen LogP contribution in [0.2, 0.25) is 0 Å². The summed E-state index contributed by atoms with van der Waals surface area (Å²) >= 11 is 1.17. The van der Waals surface area contributed by atoms with E-state index in [4.69, 9.17) is 10.5 Å². The average molecular weight is 468 g/mol. The van der Waals surface area contributed by atoms with Gasteiger partial charge in [-0.25, -0.2) is 14.4 Å². The maximum absolute atomic E-state index is 15.4. The fourth-order valence-electron chi connectivity index (χ4n) is 4.21. The fourth-order valence-corrected chi connectivity index (χ4v) is 5.21. The number of amides is 1. The number of aryl methyl sites for hydroxylation is 1. The zero-order valence-electron chi connectivity index (χ0n) is 17.9. The maximum Gasteiger partial charge on any atom is 0.263 e. The quantitative estimate of drug-likeness (QED) is 0.531. The van der Waals surface area contributed by atoms with Gasteiger partial charge in [0.05, 0.1) is 23.1 Å². The van der Waals surface area contributed by atoms with Gasteiger partial charge in [0.1, 0.15) is 45.0 Å². The van der Waals surface area contributed by atoms with Crippen LogP contribution in [0.1, 0.15) is 26.5 Å². The van der Waals surface area contributed by atoms with E-state index in [1.165, 1.54) is 11.3 Å². The standard InChI is InChI=1S/C22H22FN7O2S/c1-11-9-27-19-18(25)20(33-22(19)28-11)21(31)29-12-6-13-16(32-10-12)7-15(14(8-24)17(13)23)30-4-2-26-3-5-30/h7,9,12,26H,2-6,10,25H2,1H3,(H,29,31)/t12-/m1/s1. The van der Waals surface area contributed by atoms with E-state index in [0.717, 1.165) is 18.8 Å². The molecule has 0 radical (unpaired) electrons. The molecular formula is C22H22FN7O2S. The number of thiophene rings is 1. The molecule has 170 valence electrons. The number of nitrogens with one attached hydrogen (secondary N) is 2. The summed E-state index contributed by atoms with van der Waals surface area (Å²) in [6.07, 6.45) is 1.81. The first-order chi connectivity index (χ1) is 16.0. The Morgan fingerprint density at radius 1 is 1.45 bits per heavy atom. The van der Waals surface area contributed by atoms with Crippen LogP contribution in [0.5, 0.6) is 5.75 Å². The Balaban J connectivity index is 1.38. The number of piperazine rings is 1. The summed E-state index contributed by atoms with van der Waals surface area (Å²) in [5.74, 6) is -0.561. The van der Waals surface area contributed by atoms with Gasteiger partial charge in [-0.3, -0.25) is 4.79 Å². The molecule has 1 atom stereocenters. The van der Waals surface area contributed by atoms with Crippen LogP contribution in [-0.2, 0) is 6.42 Å². The number of carbonyl (C=O) groups excluding carboxylic acids is 1. The van der Waals surface area contributed by atoms with Crippen molar-refractivity contribution >= 4 is 39.0 Å². The normalized spacial score (nSPS) is 17.8. The van der Waals surface area contributed by atoms with E-state index in [1.54, 1.807) is 12.3 Å². The molecule has 0 spiro atoms. The second kappa shape index (κ2) is 8.46. The van der Waals surface area contributed by atoms with Crippen molar-refractivity contribution in [2.24, 2.45) is 0 Å². The van der Waals surface area contributed by atoms with Crippen LogP contribution in [0.3, 0.4) is 0 Å². The number of hydrogen-bond acceptors (Lipinski definition) is 9. The Kier molecular flexibility index (Phi) is 5.47. The van der Waals surface area contributed by atoms with Crippen LogP contribution in [-0.4, -0.2) is 54.7 Å². The highest BCUT2D eigenvalue weighted by Crippen LogP contribution is 2.36. The maximum atomic E-state index is 15.4. The van der Waals surface area contributed by atoms with Gasteiger partial charge in [0, 0.05) is 50.4 Å². The number of hydrogen-bond donors (Lipinski definition) is 3. The lowest BCUT2D eigenvalue weighted by molar-refractivity contribution is 0.0919. The minimum Gasteiger partial charge on any atom is -0.491 e. The Hall–Kier alpha value is -3.49. The van der Waals surface area contributed by atoms with Crippen LogP contribution in [0.25, 0.3) is 10.3 Å². The molecule has 3 aromatic rings. The molecule has 9 nitrogen and oxygen atoms in total. The van der Waals surface area contributed by atoms with Crippen molar-refractivity contribution in [3.05, 3.63) is 39.8 Å². The van der Waals surface area contributed by atoms with Gasteiger partial charge >= 0.3 is 0 Å². The van der Waals surface area contributed by atoms with Gasteiger partial charge in [-0.2, -0.15) is 5.26 Å². The molecule has 1 amide bonds. The zero-order valence-corrected chi connectivity index (χ0v) is 18.8. The smallest absolute Gasteiger partial charge is 0.263 e. The van der Waals surface area contributed by atoms with Gasteiger partial charge in [0.25, 0.3) is 5.91 Å². The largest absolute Gasteiger partial charge is 0.491 e. The van der Waals surface area contributed by atoms with E-state index in [-0.39, 0.29) is 30.2 Å². The molecule has 11 heteroatoms. The third-order valence-corrected chi connectivity index (χ3v) is 6.95. The topological polar surface area (TPSA) is 129 Å². The van der Waals surface area contributed by atoms with Crippen molar-refractivity contribution in [3.8, 4) is 11.8 Å². The molecule has 5 rings (SSSR count). The van der Waals surface area contributed by atoms with Crippen molar-refractivity contribution in [2.75, 3.05) is 43.4 Å². The Bertz CT molecular complexity index is 1300. The minimum atomic E-state index is -0.590. The highest BCUT2D eigenvalue weighted by atomic mass is 32.1. The summed E-state index contributed by atoms with van der Waals surface area (Å²) in [7, 11) is 0. The summed E-state index contributed by atoms with van der Waals surface area (Å²) in [4.78, 5) is 24.5. The van der Waals surface area contributed by atoms with Gasteiger partial charge in [0.15, 0.2) is 0 Å². The number of nitrogens with zero attached hydrogens (tertiary/aromatic N) is 4. The molecule has 0 bridgehead atoms. The average Bonchev–Trinajstić information content (AvgIpc) is 3.15. The lowest BCUT2D eigenvalue weighted by Gasteiger charge is -2.32. The third kappa shape index (κ3) is 3.81. The number of aromatic nitrogens is 2. The molecule has 1 fully saturated rings. The third-order valence-electron chi connectivity index (χ3n) is 5.87. The molecule has 2 aromatic heterocycles. The van der Waals surface area contributed by atoms with Gasteiger partial charge in [-0.15, -0.1) is 11.3 Å². The first-order valence-corrected chi connectivity index (χ1v) is 11.4. The molecule has 1 saturated heterocycles. The molecule has 2 aliphatic rings. The van der Waals surface area contributed by atoms with E-state index >= 15 is 4.39 Å². The van der Waals surface area contributed by atoms with Crippen LogP contribution < -0.4 is 26.0 Å². The van der Waals surface area contributed by atoms with E-state index in [1.807, 2.05) is 17.9 Å². The van der Waals surface area contributed by atoms with E-state index < -0.39 is 11.9 Å². The predicted molar refractivity (Wildman–Crippen MR) is 123 cm³/mol. The molecule has 2 aliphatic heterocycles. The van der Waals surface area contributed by atoms with Crippen LogP contribution in [0.4, 0.5) is 15.8 Å². The number of nitriles is 1. The summed E-state index contributed by atoms with van der Waals surface area (Å²) < 4.78 is 21.2. The highest BCUT2D eigenvalue weighted by molar-refractivity contribution is 7.21. The molecule has 0 aliphatic carbocycles. The summed E-state index contributed by atoms with van der Waals surface area (Å²) in [6.45, 7) is 4.91. The number of anilines is 2. The van der Waals surface area contributed by atoms with Crippen LogP contribution in [0, 0.1) is 24.1 Å². The Labute approximate surface area is 193 Å². The minimum absolute atomic E-state index is 0.00694. The molecule has 4 heterocycles. The molecule has 4 N–H and O–H groups in total. The number of halogens is 1. The molecule has 1 aromatic carbocycles. The number of ether oxygens (including phenoxy) is 1. The Morgan fingerprint density at radius 2 is 2.24 bits per heavy atom. The molecular weight excluding hydrogens is 445 g/mol. The lowest BCUT2D eigenvalue weighted by atomic mass is 9.97. The van der Waals surface area contributed by atoms with E-state index in [0.29, 0.717) is 45.3 Å². The van der Waals surface area contributed by atoms with Gasteiger partial charge < -0.3 is 26.0 Å². The number of fused-ring (bicyclic) bond motifs is 2. The van der Waals surface area contributed by atoms with E-state index in [9.17, 15) is 10.1 Å². The highest BCUT2D eigenvalue weighted by Gasteiger charge is 2.30. The first kappa shape index (κ1) is 21.4. The first-order valence-electron chi connectivity index (χ1n) is 10.6. The monoisotopic (exact) mass is 467 g/mol. The second-order valence-corrected chi connectivity index (χ2v) is 9.10. The van der Waals surface area contributed by atoms with Gasteiger partial charge in [-0.05, 0) is 6.92 Å². The Morgan fingerprint density at radius 3 is 3.00 bits per heavy atom. The molecule has 0 unspecified atom stereocenters. The number of nitrogen functional groups attached to an aromatic ring is 1. The number of nitrogens with two attached hydrogens (primary N) is 1. The van der Waals surface area contributed by atoms with Crippen molar-refractivity contribution in [2.45, 2.75) is 19.4 Å². The zero-order chi connectivity index (χ0) is 23.1. The van der Waals surface area contributed by atoms with Crippen LogP contribution in [0.15, 0.2) is 12.3 Å². The summed E-state index contributed by atoms with van der Waals surface area (Å²) in [6, 6.07) is 3.28. The molecule has 33 heavy (non-hydrogen) atoms. The van der Waals surface area contributed by atoms with E-state index in [2.05, 4.69) is 20.6 Å². The SMILES string of the molecule is Cc1cnc2c(N)c(C(=O)N[C@H]3COc4cc(N5CCNCC5)c(C#N)c(F)c4C3)sc2n1. The van der Waals surface area contributed by atoms with Gasteiger partial charge in [-0.1, -0.05) is 0 Å². The lowest BCUT2D eigenvalue weighted by Crippen LogP contribution is -2.44. The van der Waals surface area contributed by atoms with Crippen molar-refractivity contribution < 1.29 is 13.9 Å². The van der Waals surface area contributed by atoms with Crippen molar-refractivity contribution in [1.82, 2.24) is 20.6 Å². The van der Waals surface area contributed by atoms with Crippen molar-refractivity contribution in [1.29, 1.82) is 5.26 Å². The number of carbonyl (C=O) groups is 1. The van der Waals surface area contributed by atoms with Crippen molar-refractivity contribution in [3.63, 3.8) is 0 Å². The molecule has 0 saturated carbocycles. The summed E-state index contributed by atoms with van der Waals surface area (Å²) in [5, 5.41) is 15.8. The summed E-state index contributed by atoms with van der Waals surface area (Å²) in [5.41, 5.74) is 8.48. The van der Waals surface area contributed by atoms with Crippen LogP contribution >= 0.6 is 11.3 Å². The fraction of sp³-hybridized carbons (Fsp3) is 0.364. The second-order valence-electron chi connectivity index (χ2n) is 8.11. The predicted octanol–water partition coefficient (Wildman–Crippen LogP) is 1.74.